The van der Waals surface area contributed by atoms with Crippen LogP contribution < -0.4 is 5.32 Å². The Morgan fingerprint density at radius 1 is 1.27 bits per heavy atom. The lowest BCUT2D eigenvalue weighted by Crippen LogP contribution is -2.36. The van der Waals surface area contributed by atoms with Crippen molar-refractivity contribution in [2.45, 2.75) is 44.7 Å². The SMILES string of the molecule is O=C(NCc1ccccc1F)[C@@H]1CC(=O)N(C2CCCC2)C1. The molecule has 1 saturated heterocycles. The van der Waals surface area contributed by atoms with Gasteiger partial charge in [-0.05, 0) is 18.9 Å². The standard InChI is InChI=1S/C17H21FN2O2/c18-15-8-4-1-5-12(15)10-19-17(22)13-9-16(21)20(11-13)14-6-2-3-7-14/h1,4-5,8,13-14H,2-3,6-7,9-11H2,(H,19,22)/t13-/m1/s1. The molecule has 1 aromatic carbocycles. The van der Waals surface area contributed by atoms with Crippen molar-refractivity contribution >= 4 is 11.8 Å². The van der Waals surface area contributed by atoms with Gasteiger partial charge >= 0.3 is 0 Å². The zero-order valence-electron chi connectivity index (χ0n) is 12.6. The number of carbonyl (C=O) groups is 2. The van der Waals surface area contributed by atoms with Crippen molar-refractivity contribution in [2.75, 3.05) is 6.54 Å². The zero-order chi connectivity index (χ0) is 15.5. The molecule has 2 fully saturated rings. The van der Waals surface area contributed by atoms with E-state index < -0.39 is 0 Å². The molecule has 1 N–H and O–H groups in total. The molecule has 1 aliphatic heterocycles. The van der Waals surface area contributed by atoms with Gasteiger partial charge < -0.3 is 10.2 Å². The van der Waals surface area contributed by atoms with Gasteiger partial charge in [-0.15, -0.1) is 0 Å². The Labute approximate surface area is 129 Å². The number of hydrogen-bond acceptors (Lipinski definition) is 2. The predicted octanol–water partition coefficient (Wildman–Crippen LogP) is 2.23. The molecule has 118 valence electrons. The first-order chi connectivity index (χ1) is 10.6. The third kappa shape index (κ3) is 3.13. The van der Waals surface area contributed by atoms with Gasteiger partial charge in [-0.3, -0.25) is 9.59 Å². The molecule has 1 atom stereocenters. The Morgan fingerprint density at radius 3 is 2.73 bits per heavy atom. The summed E-state index contributed by atoms with van der Waals surface area (Å²) in [5.74, 6) is -0.701. The van der Waals surface area contributed by atoms with E-state index >= 15 is 0 Å². The third-order valence-electron chi connectivity index (χ3n) is 4.71. The van der Waals surface area contributed by atoms with Crippen LogP contribution in [0, 0.1) is 11.7 Å². The number of hydrogen-bond donors (Lipinski definition) is 1. The molecule has 22 heavy (non-hydrogen) atoms. The molecule has 5 heteroatoms. The summed E-state index contributed by atoms with van der Waals surface area (Å²) in [6, 6.07) is 6.71. The van der Waals surface area contributed by atoms with Crippen molar-refractivity contribution in [2.24, 2.45) is 5.92 Å². The number of halogens is 1. The van der Waals surface area contributed by atoms with E-state index in [0.717, 1.165) is 12.8 Å². The lowest BCUT2D eigenvalue weighted by atomic mass is 10.1. The highest BCUT2D eigenvalue weighted by Gasteiger charge is 2.38. The number of nitrogens with one attached hydrogen (secondary N) is 1. The number of rotatable bonds is 4. The Kier molecular flexibility index (Phi) is 4.41. The molecule has 4 nitrogen and oxygen atoms in total. The van der Waals surface area contributed by atoms with Crippen LogP contribution >= 0.6 is 0 Å². The highest BCUT2D eigenvalue weighted by Crippen LogP contribution is 2.29. The summed E-state index contributed by atoms with van der Waals surface area (Å²) in [7, 11) is 0. The molecule has 0 aromatic heterocycles. The van der Waals surface area contributed by atoms with E-state index in [9.17, 15) is 14.0 Å². The van der Waals surface area contributed by atoms with Crippen molar-refractivity contribution < 1.29 is 14.0 Å². The summed E-state index contributed by atoms with van der Waals surface area (Å²) < 4.78 is 13.5. The number of amides is 2. The molecule has 2 amide bonds. The van der Waals surface area contributed by atoms with Crippen LogP contribution in [0.4, 0.5) is 4.39 Å². The first-order valence-electron chi connectivity index (χ1n) is 7.95. The summed E-state index contributed by atoms with van der Waals surface area (Å²) in [5.41, 5.74) is 0.466. The maximum atomic E-state index is 13.5. The quantitative estimate of drug-likeness (QED) is 0.927. The highest BCUT2D eigenvalue weighted by molar-refractivity contribution is 5.89. The minimum Gasteiger partial charge on any atom is -0.352 e. The number of benzene rings is 1. The van der Waals surface area contributed by atoms with Crippen molar-refractivity contribution in [3.8, 4) is 0 Å². The normalized spacial score (nSPS) is 22.3. The summed E-state index contributed by atoms with van der Waals surface area (Å²) in [5, 5.41) is 2.76. The van der Waals surface area contributed by atoms with Gasteiger partial charge in [-0.1, -0.05) is 31.0 Å². The largest absolute Gasteiger partial charge is 0.352 e. The Balaban J connectivity index is 1.55. The lowest BCUT2D eigenvalue weighted by Gasteiger charge is -2.23. The minimum absolute atomic E-state index is 0.0814. The van der Waals surface area contributed by atoms with Crippen LogP contribution in [-0.4, -0.2) is 29.3 Å². The summed E-state index contributed by atoms with van der Waals surface area (Å²) in [6.45, 7) is 0.673. The van der Waals surface area contributed by atoms with Gasteiger partial charge in [0.1, 0.15) is 5.82 Å². The Hall–Kier alpha value is -1.91. The van der Waals surface area contributed by atoms with Crippen molar-refractivity contribution in [3.05, 3.63) is 35.6 Å². The van der Waals surface area contributed by atoms with E-state index in [0.29, 0.717) is 18.2 Å². The molecular weight excluding hydrogens is 283 g/mol. The molecular formula is C17H21FN2O2. The van der Waals surface area contributed by atoms with Gasteiger partial charge in [0.15, 0.2) is 0 Å². The lowest BCUT2D eigenvalue weighted by molar-refractivity contribution is -0.130. The van der Waals surface area contributed by atoms with Crippen LogP contribution in [0.2, 0.25) is 0 Å². The van der Waals surface area contributed by atoms with Gasteiger partial charge in [0.05, 0.1) is 5.92 Å². The number of likely N-dealkylation sites (tertiary alicyclic amines) is 1. The van der Waals surface area contributed by atoms with Crippen molar-refractivity contribution in [1.29, 1.82) is 0 Å². The number of nitrogens with zero attached hydrogens (tertiary/aromatic N) is 1. The maximum absolute atomic E-state index is 13.5. The maximum Gasteiger partial charge on any atom is 0.225 e. The van der Waals surface area contributed by atoms with Gasteiger partial charge in [-0.25, -0.2) is 4.39 Å². The fourth-order valence-electron chi connectivity index (χ4n) is 3.44. The average molecular weight is 304 g/mol. The van der Waals surface area contributed by atoms with E-state index in [4.69, 9.17) is 0 Å². The first kappa shape index (κ1) is 15.0. The Morgan fingerprint density at radius 2 is 2.00 bits per heavy atom. The summed E-state index contributed by atoms with van der Waals surface area (Å²) in [6.07, 6.45) is 4.71. The topological polar surface area (TPSA) is 49.4 Å². The molecule has 0 spiro atoms. The van der Waals surface area contributed by atoms with Crippen LogP contribution in [0.25, 0.3) is 0 Å². The molecule has 0 unspecified atom stereocenters. The van der Waals surface area contributed by atoms with E-state index in [1.165, 1.54) is 18.9 Å². The fraction of sp³-hybridized carbons (Fsp3) is 0.529. The molecule has 1 heterocycles. The second-order valence-corrected chi connectivity index (χ2v) is 6.19. The van der Waals surface area contributed by atoms with Gasteiger partial charge in [0.25, 0.3) is 0 Å². The average Bonchev–Trinajstić information content (AvgIpc) is 3.15. The molecule has 2 aliphatic rings. The molecule has 1 aliphatic carbocycles. The zero-order valence-corrected chi connectivity index (χ0v) is 12.6. The van der Waals surface area contributed by atoms with Crippen LogP contribution in [0.1, 0.15) is 37.7 Å². The number of carbonyl (C=O) groups excluding carboxylic acids is 2. The van der Waals surface area contributed by atoms with E-state index in [1.54, 1.807) is 18.2 Å². The van der Waals surface area contributed by atoms with Crippen molar-refractivity contribution in [3.63, 3.8) is 0 Å². The molecule has 1 saturated carbocycles. The monoisotopic (exact) mass is 304 g/mol. The van der Waals surface area contributed by atoms with E-state index in [1.807, 2.05) is 4.90 Å². The van der Waals surface area contributed by atoms with Gasteiger partial charge in [0, 0.05) is 31.1 Å². The molecule has 1 aromatic rings. The van der Waals surface area contributed by atoms with Crippen molar-refractivity contribution in [1.82, 2.24) is 10.2 Å². The first-order valence-corrected chi connectivity index (χ1v) is 7.95. The van der Waals surface area contributed by atoms with Gasteiger partial charge in [-0.2, -0.15) is 0 Å². The molecule has 0 radical (unpaired) electrons. The summed E-state index contributed by atoms with van der Waals surface area (Å²) in [4.78, 5) is 26.2. The molecule has 0 bridgehead atoms. The van der Waals surface area contributed by atoms with Gasteiger partial charge in [0.2, 0.25) is 11.8 Å². The minimum atomic E-state index is -0.321. The second-order valence-electron chi connectivity index (χ2n) is 6.19. The van der Waals surface area contributed by atoms with Crippen LogP contribution in [-0.2, 0) is 16.1 Å². The van der Waals surface area contributed by atoms with E-state index in [-0.39, 0.29) is 36.5 Å². The van der Waals surface area contributed by atoms with Crippen LogP contribution in [0.15, 0.2) is 24.3 Å². The molecule has 3 rings (SSSR count). The Bertz CT molecular complexity index is 570. The predicted molar refractivity (Wildman–Crippen MR) is 80.3 cm³/mol. The van der Waals surface area contributed by atoms with E-state index in [2.05, 4.69) is 5.32 Å². The fourth-order valence-corrected chi connectivity index (χ4v) is 3.44. The van der Waals surface area contributed by atoms with Crippen LogP contribution in [0.3, 0.4) is 0 Å². The second kappa shape index (κ2) is 6.46. The van der Waals surface area contributed by atoms with Crippen LogP contribution in [0.5, 0.6) is 0 Å². The highest BCUT2D eigenvalue weighted by atomic mass is 19.1. The summed E-state index contributed by atoms with van der Waals surface area (Å²) >= 11 is 0. The third-order valence-corrected chi connectivity index (χ3v) is 4.71. The smallest absolute Gasteiger partial charge is 0.225 e.